The number of nitrogens with two attached hydrogens (primary N) is 1. The third-order valence-corrected chi connectivity index (χ3v) is 1.48. The van der Waals surface area contributed by atoms with Crippen LogP contribution in [-0.2, 0) is 0 Å². The highest BCUT2D eigenvalue weighted by Gasteiger charge is 1.91. The molecule has 12 heavy (non-hydrogen) atoms. The van der Waals surface area contributed by atoms with Crippen LogP contribution in [0.4, 0.5) is 5.69 Å². The molecule has 2 N–H and O–H groups in total. The van der Waals surface area contributed by atoms with E-state index >= 15 is 0 Å². The van der Waals surface area contributed by atoms with Gasteiger partial charge in [-0.15, -0.1) is 12.4 Å². The first-order valence-corrected chi connectivity index (χ1v) is 3.29. The van der Waals surface area contributed by atoms with Gasteiger partial charge in [0.2, 0.25) is 0 Å². The molecule has 0 bridgehead atoms. The number of anilines is 1. The predicted molar refractivity (Wildman–Crippen MR) is 51.3 cm³/mol. The van der Waals surface area contributed by atoms with Crippen molar-refractivity contribution in [2.75, 3.05) is 5.73 Å². The molecule has 0 heterocycles. The lowest BCUT2D eigenvalue weighted by atomic mass is 10.2. The van der Waals surface area contributed by atoms with Gasteiger partial charge in [0.15, 0.2) is 0 Å². The van der Waals surface area contributed by atoms with E-state index in [1.165, 1.54) is 0 Å². The highest BCUT2D eigenvalue weighted by atomic mass is 35.5. The van der Waals surface area contributed by atoms with E-state index in [9.17, 15) is 0 Å². The summed E-state index contributed by atoms with van der Waals surface area (Å²) in [5, 5.41) is 12.7. The largest absolute Gasteiger partial charge is 0.398 e. The molecule has 0 fully saturated rings. The molecule has 0 spiro atoms. The average molecular weight is 206 g/mol. The van der Waals surface area contributed by atoms with Gasteiger partial charge in [-0.1, -0.05) is 17.7 Å². The Morgan fingerprint density at radius 3 is 2.17 bits per heavy atom. The molecule has 0 atom stereocenters. The van der Waals surface area contributed by atoms with Crippen molar-refractivity contribution in [2.24, 2.45) is 0 Å². The lowest BCUT2D eigenvalue weighted by Gasteiger charge is -1.97. The Labute approximate surface area is 82.3 Å². The summed E-state index contributed by atoms with van der Waals surface area (Å²) in [5.41, 5.74) is 7.36. The van der Waals surface area contributed by atoms with E-state index in [4.69, 9.17) is 28.1 Å². The predicted octanol–water partition coefficient (Wildman–Crippen LogP) is 2.68. The van der Waals surface area contributed by atoms with Gasteiger partial charge in [0.1, 0.15) is 0 Å². The fraction of sp³-hybridized carbons (Fsp3) is 0.143. The van der Waals surface area contributed by atoms with Gasteiger partial charge in [-0.2, -0.15) is 0 Å². The van der Waals surface area contributed by atoms with Gasteiger partial charge >= 0.3 is 0 Å². The Hall–Kier alpha value is -0.980. The monoisotopic (exact) mass is 205 g/mol. The first kappa shape index (κ1) is 13.6. The normalized spacial score (nSPS) is 7.33. The SMILES string of the molecule is Cc1ccc(Cl)cc1N.Cl.N#N. The molecule has 0 aliphatic rings. The quantitative estimate of drug-likeness (QED) is 0.523. The molecule has 0 radical (unpaired) electrons. The smallest absolute Gasteiger partial charge is 0.0426 e. The number of benzene rings is 1. The molecule has 1 aromatic carbocycles. The van der Waals surface area contributed by atoms with Crippen LogP contribution in [0.25, 0.3) is 0 Å². The van der Waals surface area contributed by atoms with Gasteiger partial charge in [0.05, 0.1) is 0 Å². The zero-order valence-corrected chi connectivity index (χ0v) is 8.06. The maximum atomic E-state index is 6.00. The van der Waals surface area contributed by atoms with Gasteiger partial charge in [-0.05, 0) is 24.6 Å². The van der Waals surface area contributed by atoms with Crippen molar-refractivity contribution in [3.8, 4) is 0 Å². The summed E-state index contributed by atoms with van der Waals surface area (Å²) in [6.07, 6.45) is 0. The minimum atomic E-state index is 0. The van der Waals surface area contributed by atoms with Crippen LogP contribution in [0.1, 0.15) is 5.56 Å². The maximum absolute atomic E-state index is 6.00. The van der Waals surface area contributed by atoms with Crippen LogP contribution in [0.3, 0.4) is 0 Å². The Bertz CT molecular complexity index is 260. The molecule has 1 aromatic rings. The number of aryl methyl sites for hydroxylation is 1. The molecule has 66 valence electrons. The zero-order chi connectivity index (χ0) is 8.85. The summed E-state index contributed by atoms with van der Waals surface area (Å²) in [6, 6.07) is 5.47. The summed E-state index contributed by atoms with van der Waals surface area (Å²) in [4.78, 5) is 0. The van der Waals surface area contributed by atoms with Gasteiger partial charge in [0, 0.05) is 21.5 Å². The van der Waals surface area contributed by atoms with E-state index in [1.54, 1.807) is 6.07 Å². The number of rotatable bonds is 0. The van der Waals surface area contributed by atoms with Crippen LogP contribution in [0.5, 0.6) is 0 Å². The van der Waals surface area contributed by atoms with Crippen LogP contribution in [-0.4, -0.2) is 0 Å². The number of nitrogens with zero attached hydrogens (tertiary/aromatic N) is 2. The molecule has 0 saturated heterocycles. The van der Waals surface area contributed by atoms with Crippen molar-refractivity contribution >= 4 is 29.7 Å². The van der Waals surface area contributed by atoms with Crippen molar-refractivity contribution in [3.63, 3.8) is 0 Å². The average Bonchev–Trinajstić information content (AvgIpc) is 2.02. The summed E-state index contributed by atoms with van der Waals surface area (Å²) >= 11 is 5.64. The van der Waals surface area contributed by atoms with E-state index < -0.39 is 0 Å². The fourth-order valence-electron chi connectivity index (χ4n) is 0.611. The lowest BCUT2D eigenvalue weighted by molar-refractivity contribution is 1.15. The van der Waals surface area contributed by atoms with Crippen LogP contribution in [0.2, 0.25) is 5.02 Å². The number of halogens is 2. The molecule has 0 saturated carbocycles. The highest BCUT2D eigenvalue weighted by molar-refractivity contribution is 6.30. The van der Waals surface area contributed by atoms with E-state index in [-0.39, 0.29) is 12.4 Å². The third-order valence-electron chi connectivity index (χ3n) is 1.24. The zero-order valence-electron chi connectivity index (χ0n) is 6.49. The van der Waals surface area contributed by atoms with Crippen LogP contribution in [0.15, 0.2) is 18.2 Å². The first-order valence-electron chi connectivity index (χ1n) is 2.92. The van der Waals surface area contributed by atoms with Gasteiger partial charge < -0.3 is 5.73 Å². The summed E-state index contributed by atoms with van der Waals surface area (Å²) in [5.74, 6) is 0. The van der Waals surface area contributed by atoms with Crippen molar-refractivity contribution in [1.82, 2.24) is 0 Å². The topological polar surface area (TPSA) is 73.6 Å². The second-order valence-electron chi connectivity index (χ2n) is 2.00. The van der Waals surface area contributed by atoms with Crippen molar-refractivity contribution in [2.45, 2.75) is 6.92 Å². The van der Waals surface area contributed by atoms with Crippen molar-refractivity contribution < 1.29 is 0 Å². The third kappa shape index (κ3) is 4.02. The van der Waals surface area contributed by atoms with Gasteiger partial charge in [0.25, 0.3) is 0 Å². The van der Waals surface area contributed by atoms with Gasteiger partial charge in [-0.25, -0.2) is 0 Å². The number of hydrogen-bond acceptors (Lipinski definition) is 3. The second kappa shape index (κ2) is 6.71. The molecule has 1 rings (SSSR count). The molecule has 0 amide bonds. The molecule has 0 aliphatic heterocycles. The standard InChI is InChI=1S/C7H8ClN.ClH.N2/c1-5-2-3-6(8)4-7(5)9;;1-2/h2-4H,9H2,1H3;1H;. The lowest BCUT2D eigenvalue weighted by Crippen LogP contribution is -1.87. The Morgan fingerprint density at radius 2 is 1.83 bits per heavy atom. The summed E-state index contributed by atoms with van der Waals surface area (Å²) < 4.78 is 0. The minimum Gasteiger partial charge on any atom is -0.398 e. The molecule has 0 unspecified atom stereocenters. The molecular formula is C7H9Cl2N3. The highest BCUT2D eigenvalue weighted by Crippen LogP contribution is 2.16. The first-order chi connectivity index (χ1) is 5.20. The Morgan fingerprint density at radius 1 is 1.33 bits per heavy atom. The fourth-order valence-corrected chi connectivity index (χ4v) is 0.792. The molecule has 0 aliphatic carbocycles. The molecule has 0 aromatic heterocycles. The number of hydrogen-bond donors (Lipinski definition) is 1. The molecule has 5 heteroatoms. The van der Waals surface area contributed by atoms with Crippen LogP contribution in [0, 0.1) is 17.7 Å². The van der Waals surface area contributed by atoms with Crippen molar-refractivity contribution in [3.05, 3.63) is 28.8 Å². The van der Waals surface area contributed by atoms with Crippen LogP contribution >= 0.6 is 24.0 Å². The van der Waals surface area contributed by atoms with E-state index in [2.05, 4.69) is 0 Å². The second-order valence-corrected chi connectivity index (χ2v) is 2.44. The van der Waals surface area contributed by atoms with Crippen molar-refractivity contribution in [1.29, 1.82) is 10.8 Å². The van der Waals surface area contributed by atoms with E-state index in [0.717, 1.165) is 11.3 Å². The van der Waals surface area contributed by atoms with E-state index in [1.807, 2.05) is 19.1 Å². The summed E-state index contributed by atoms with van der Waals surface area (Å²) in [6.45, 7) is 1.95. The minimum absolute atomic E-state index is 0. The molecular weight excluding hydrogens is 197 g/mol. The van der Waals surface area contributed by atoms with Gasteiger partial charge in [-0.3, -0.25) is 0 Å². The summed E-state index contributed by atoms with van der Waals surface area (Å²) in [7, 11) is 0. The molecule has 3 nitrogen and oxygen atoms in total. The van der Waals surface area contributed by atoms with E-state index in [0.29, 0.717) is 5.02 Å². The number of nitrogen functional groups attached to an aromatic ring is 1. The Kier molecular flexibility index (Phi) is 7.61. The Balaban J connectivity index is 0. The maximum Gasteiger partial charge on any atom is 0.0426 e. The van der Waals surface area contributed by atoms with Crippen LogP contribution < -0.4 is 5.73 Å².